The van der Waals surface area contributed by atoms with Gasteiger partial charge in [0.1, 0.15) is 5.75 Å². The van der Waals surface area contributed by atoms with Gasteiger partial charge in [0.2, 0.25) is 0 Å². The smallest absolute Gasteiger partial charge is 0.191 e. The van der Waals surface area contributed by atoms with Crippen LogP contribution in [0.15, 0.2) is 29.3 Å². The molecule has 0 amide bonds. The lowest BCUT2D eigenvalue weighted by molar-refractivity contribution is 0.155. The number of phenols is 1. The molecule has 0 bridgehead atoms. The van der Waals surface area contributed by atoms with Crippen molar-refractivity contribution in [2.75, 3.05) is 32.8 Å². The van der Waals surface area contributed by atoms with Gasteiger partial charge in [-0.15, -0.1) is 24.0 Å². The van der Waals surface area contributed by atoms with Crippen LogP contribution in [0.3, 0.4) is 0 Å². The molecule has 6 heteroatoms. The lowest BCUT2D eigenvalue weighted by Gasteiger charge is -2.11. The Morgan fingerprint density at radius 1 is 1.29 bits per heavy atom. The van der Waals surface area contributed by atoms with E-state index in [2.05, 4.69) is 15.6 Å². The van der Waals surface area contributed by atoms with Gasteiger partial charge in [0.05, 0.1) is 13.2 Å². The predicted octanol–water partition coefficient (Wildman–Crippen LogP) is 2.14. The van der Waals surface area contributed by atoms with E-state index in [-0.39, 0.29) is 24.0 Å². The van der Waals surface area contributed by atoms with Gasteiger partial charge in [-0.3, -0.25) is 4.99 Å². The maximum absolute atomic E-state index is 9.40. The summed E-state index contributed by atoms with van der Waals surface area (Å²) in [5.74, 6) is 1.10. The first-order valence-electron chi connectivity index (χ1n) is 7.14. The zero-order valence-corrected chi connectivity index (χ0v) is 15.1. The molecule has 0 fully saturated rings. The van der Waals surface area contributed by atoms with Gasteiger partial charge in [-0.25, -0.2) is 0 Å². The Labute approximate surface area is 144 Å². The molecule has 0 atom stereocenters. The van der Waals surface area contributed by atoms with E-state index in [1.807, 2.05) is 26.0 Å². The molecule has 0 heterocycles. The third-order valence-corrected chi connectivity index (χ3v) is 2.67. The van der Waals surface area contributed by atoms with Gasteiger partial charge < -0.3 is 20.5 Å². The average Bonchev–Trinajstić information content (AvgIpc) is 2.43. The summed E-state index contributed by atoms with van der Waals surface area (Å²) in [5, 5.41) is 15.9. The van der Waals surface area contributed by atoms with E-state index < -0.39 is 0 Å². The molecule has 0 aliphatic rings. The third-order valence-electron chi connectivity index (χ3n) is 2.67. The van der Waals surface area contributed by atoms with Crippen LogP contribution in [0.5, 0.6) is 5.75 Å². The lowest BCUT2D eigenvalue weighted by Crippen LogP contribution is -2.38. The fourth-order valence-corrected chi connectivity index (χ4v) is 1.75. The minimum atomic E-state index is 0. The van der Waals surface area contributed by atoms with Gasteiger partial charge in [-0.05, 0) is 38.0 Å². The molecule has 120 valence electrons. The number of phenolic OH excluding ortho intramolecular Hbond substituents is 1. The molecule has 1 aromatic rings. The maximum Gasteiger partial charge on any atom is 0.191 e. The molecule has 21 heavy (non-hydrogen) atoms. The summed E-state index contributed by atoms with van der Waals surface area (Å²) in [5.41, 5.74) is 1.10. The quantitative estimate of drug-likeness (QED) is 0.268. The van der Waals surface area contributed by atoms with Crippen molar-refractivity contribution in [1.82, 2.24) is 10.6 Å². The Bertz CT molecular complexity index is 414. The van der Waals surface area contributed by atoms with E-state index in [0.29, 0.717) is 18.9 Å². The highest BCUT2D eigenvalue weighted by Gasteiger charge is 1.98. The van der Waals surface area contributed by atoms with Crippen LogP contribution in [-0.2, 0) is 11.2 Å². The molecule has 1 rings (SSSR count). The Morgan fingerprint density at radius 3 is 2.76 bits per heavy atom. The molecule has 0 aliphatic carbocycles. The van der Waals surface area contributed by atoms with Crippen molar-refractivity contribution in [2.45, 2.75) is 20.3 Å². The van der Waals surface area contributed by atoms with Crippen LogP contribution >= 0.6 is 24.0 Å². The second-order valence-corrected chi connectivity index (χ2v) is 4.30. The van der Waals surface area contributed by atoms with E-state index in [4.69, 9.17) is 4.74 Å². The first-order valence-corrected chi connectivity index (χ1v) is 7.14. The molecular formula is C15H26IN3O2. The molecule has 0 saturated heterocycles. The van der Waals surface area contributed by atoms with Crippen molar-refractivity contribution in [1.29, 1.82) is 0 Å². The lowest BCUT2D eigenvalue weighted by atomic mass is 10.1. The Balaban J connectivity index is 0.00000400. The number of guanidine groups is 1. The van der Waals surface area contributed by atoms with E-state index in [1.165, 1.54) is 0 Å². The van der Waals surface area contributed by atoms with Crippen LogP contribution in [-0.4, -0.2) is 43.9 Å². The van der Waals surface area contributed by atoms with Gasteiger partial charge >= 0.3 is 0 Å². The second kappa shape index (κ2) is 12.7. The third kappa shape index (κ3) is 9.52. The van der Waals surface area contributed by atoms with Gasteiger partial charge in [-0.2, -0.15) is 0 Å². The van der Waals surface area contributed by atoms with Gasteiger partial charge in [-0.1, -0.05) is 12.1 Å². The summed E-state index contributed by atoms with van der Waals surface area (Å²) in [6.45, 7) is 7.61. The van der Waals surface area contributed by atoms with Crippen LogP contribution in [0.4, 0.5) is 0 Å². The van der Waals surface area contributed by atoms with E-state index in [0.717, 1.165) is 37.6 Å². The van der Waals surface area contributed by atoms with Crippen molar-refractivity contribution in [2.24, 2.45) is 4.99 Å². The number of halogens is 1. The highest BCUT2D eigenvalue weighted by Crippen LogP contribution is 2.10. The predicted molar refractivity (Wildman–Crippen MR) is 97.7 cm³/mol. The summed E-state index contributed by atoms with van der Waals surface area (Å²) in [7, 11) is 0. The number of ether oxygens (including phenoxy) is 1. The topological polar surface area (TPSA) is 65.9 Å². The maximum atomic E-state index is 9.40. The van der Waals surface area contributed by atoms with Crippen molar-refractivity contribution < 1.29 is 9.84 Å². The normalized spacial score (nSPS) is 10.9. The summed E-state index contributed by atoms with van der Waals surface area (Å²) in [6, 6.07) is 7.31. The summed E-state index contributed by atoms with van der Waals surface area (Å²) in [4.78, 5) is 4.42. The fourth-order valence-electron chi connectivity index (χ4n) is 1.75. The Hall–Kier alpha value is -1.02. The fraction of sp³-hybridized carbons (Fsp3) is 0.533. The van der Waals surface area contributed by atoms with E-state index >= 15 is 0 Å². The van der Waals surface area contributed by atoms with E-state index in [9.17, 15) is 5.11 Å². The summed E-state index contributed by atoms with van der Waals surface area (Å²) in [6.07, 6.45) is 0.838. The molecule has 1 aromatic carbocycles. The molecule has 3 N–H and O–H groups in total. The zero-order valence-electron chi connectivity index (χ0n) is 12.8. The first kappa shape index (κ1) is 20.0. The number of hydrogen-bond donors (Lipinski definition) is 3. The zero-order chi connectivity index (χ0) is 14.6. The van der Waals surface area contributed by atoms with Gasteiger partial charge in [0.25, 0.3) is 0 Å². The van der Waals surface area contributed by atoms with Crippen molar-refractivity contribution in [3.8, 4) is 5.75 Å². The van der Waals surface area contributed by atoms with Crippen molar-refractivity contribution >= 4 is 29.9 Å². The van der Waals surface area contributed by atoms with Crippen LogP contribution < -0.4 is 10.6 Å². The number of nitrogens with one attached hydrogen (secondary N) is 2. The van der Waals surface area contributed by atoms with Crippen LogP contribution in [0, 0.1) is 0 Å². The van der Waals surface area contributed by atoms with Crippen LogP contribution in [0.2, 0.25) is 0 Å². The van der Waals surface area contributed by atoms with Crippen molar-refractivity contribution in [3.05, 3.63) is 29.8 Å². The number of nitrogens with zero attached hydrogens (tertiary/aromatic N) is 1. The van der Waals surface area contributed by atoms with Gasteiger partial charge in [0, 0.05) is 19.7 Å². The molecule has 0 spiro atoms. The first-order chi connectivity index (χ1) is 9.76. The largest absolute Gasteiger partial charge is 0.508 e. The Kier molecular flexibility index (Phi) is 12.1. The monoisotopic (exact) mass is 407 g/mol. The SMILES string of the molecule is CCNC(=NCCOCC)NCCc1cccc(O)c1.I. The summed E-state index contributed by atoms with van der Waals surface area (Å²) >= 11 is 0. The minimum absolute atomic E-state index is 0. The highest BCUT2D eigenvalue weighted by atomic mass is 127. The van der Waals surface area contributed by atoms with E-state index in [1.54, 1.807) is 12.1 Å². The summed E-state index contributed by atoms with van der Waals surface area (Å²) < 4.78 is 5.26. The van der Waals surface area contributed by atoms with Crippen molar-refractivity contribution in [3.63, 3.8) is 0 Å². The van der Waals surface area contributed by atoms with Crippen LogP contribution in [0.1, 0.15) is 19.4 Å². The number of aromatic hydroxyl groups is 1. The standard InChI is InChI=1S/C15H25N3O2.HI/c1-3-16-15(18-10-11-20-4-2)17-9-8-13-6-5-7-14(19)12-13;/h5-7,12,19H,3-4,8-11H2,1-2H3,(H2,16,17,18);1H. The number of aliphatic imine (C=N–C) groups is 1. The molecule has 0 unspecified atom stereocenters. The second-order valence-electron chi connectivity index (χ2n) is 4.30. The molecule has 0 radical (unpaired) electrons. The Morgan fingerprint density at radius 2 is 2.10 bits per heavy atom. The van der Waals surface area contributed by atoms with Crippen LogP contribution in [0.25, 0.3) is 0 Å². The molecule has 0 aliphatic heterocycles. The number of rotatable bonds is 8. The van der Waals surface area contributed by atoms with Gasteiger partial charge in [0.15, 0.2) is 5.96 Å². The number of benzene rings is 1. The minimum Gasteiger partial charge on any atom is -0.508 e. The molecule has 0 aromatic heterocycles. The molecular weight excluding hydrogens is 381 g/mol. The molecule has 0 saturated carbocycles. The molecule has 5 nitrogen and oxygen atoms in total. The average molecular weight is 407 g/mol. The highest BCUT2D eigenvalue weighted by molar-refractivity contribution is 14.0. The number of hydrogen-bond acceptors (Lipinski definition) is 3.